The first-order valence-electron chi connectivity index (χ1n) is 8.46. The number of halogens is 3. The summed E-state index contributed by atoms with van der Waals surface area (Å²) in [5.74, 6) is -2.51. The second kappa shape index (κ2) is 7.58. The Bertz CT molecular complexity index is 753. The van der Waals surface area contributed by atoms with Crippen LogP contribution in [-0.4, -0.2) is 19.8 Å². The minimum Gasteiger partial charge on any atom is -0.379 e. The zero-order valence-electron chi connectivity index (χ0n) is 14.3. The lowest BCUT2D eigenvalue weighted by atomic mass is 9.96. The van der Waals surface area contributed by atoms with E-state index in [1.54, 1.807) is 20.1 Å². The number of benzene rings is 2. The number of hydrogen-bond donors (Lipinski definition) is 0. The van der Waals surface area contributed by atoms with E-state index in [4.69, 9.17) is 9.47 Å². The van der Waals surface area contributed by atoms with E-state index in [1.165, 1.54) is 24.3 Å². The van der Waals surface area contributed by atoms with Crippen molar-refractivity contribution in [1.29, 1.82) is 0 Å². The number of aryl methyl sites for hydroxylation is 1. The van der Waals surface area contributed by atoms with Gasteiger partial charge in [-0.25, -0.2) is 13.2 Å². The van der Waals surface area contributed by atoms with Crippen molar-refractivity contribution >= 4 is 0 Å². The minimum absolute atomic E-state index is 0.0494. The summed E-state index contributed by atoms with van der Waals surface area (Å²) in [7, 11) is 1.64. The molecule has 1 heterocycles. The highest BCUT2D eigenvalue weighted by molar-refractivity contribution is 5.66. The molecule has 1 aliphatic rings. The van der Waals surface area contributed by atoms with Crippen molar-refractivity contribution in [3.63, 3.8) is 0 Å². The molecule has 0 amide bonds. The summed E-state index contributed by atoms with van der Waals surface area (Å²) < 4.78 is 53.8. The lowest BCUT2D eigenvalue weighted by Gasteiger charge is -2.28. The molecule has 0 saturated carbocycles. The second-order valence-electron chi connectivity index (χ2n) is 6.25. The first-order valence-corrected chi connectivity index (χ1v) is 8.46. The van der Waals surface area contributed by atoms with E-state index in [0.29, 0.717) is 18.6 Å². The molecule has 2 aromatic carbocycles. The van der Waals surface area contributed by atoms with Crippen molar-refractivity contribution in [2.24, 2.45) is 0 Å². The fourth-order valence-electron chi connectivity index (χ4n) is 3.20. The van der Waals surface area contributed by atoms with Gasteiger partial charge in [-0.2, -0.15) is 0 Å². The van der Waals surface area contributed by atoms with Gasteiger partial charge in [-0.3, -0.25) is 0 Å². The Morgan fingerprint density at radius 3 is 2.40 bits per heavy atom. The predicted molar refractivity (Wildman–Crippen MR) is 89.9 cm³/mol. The van der Waals surface area contributed by atoms with Crippen LogP contribution in [0.3, 0.4) is 0 Å². The van der Waals surface area contributed by atoms with E-state index < -0.39 is 17.5 Å². The minimum atomic E-state index is -1.01. The highest BCUT2D eigenvalue weighted by Gasteiger charge is 2.24. The van der Waals surface area contributed by atoms with Crippen LogP contribution in [0, 0.1) is 17.5 Å². The summed E-state index contributed by atoms with van der Waals surface area (Å²) >= 11 is 0. The third-order valence-corrected chi connectivity index (χ3v) is 4.77. The molecule has 2 atom stereocenters. The number of rotatable bonds is 4. The van der Waals surface area contributed by atoms with Gasteiger partial charge in [-0.15, -0.1) is 0 Å². The third-order valence-electron chi connectivity index (χ3n) is 4.77. The molecular weight excluding hydrogens is 329 g/mol. The summed E-state index contributed by atoms with van der Waals surface area (Å²) in [6, 6.07) is 7.46. The quantitative estimate of drug-likeness (QED) is 0.754. The van der Waals surface area contributed by atoms with E-state index in [0.717, 1.165) is 12.8 Å². The fraction of sp³-hybridized carbons (Fsp3) is 0.400. The molecule has 0 radical (unpaired) electrons. The molecule has 0 N–H and O–H groups in total. The molecule has 3 rings (SSSR count). The molecule has 2 nitrogen and oxygen atoms in total. The molecule has 0 bridgehead atoms. The molecule has 0 aromatic heterocycles. The topological polar surface area (TPSA) is 18.5 Å². The van der Waals surface area contributed by atoms with Gasteiger partial charge < -0.3 is 9.47 Å². The average molecular weight is 350 g/mol. The van der Waals surface area contributed by atoms with E-state index >= 15 is 0 Å². The number of methoxy groups -OCH3 is 1. The Morgan fingerprint density at radius 2 is 1.80 bits per heavy atom. The normalized spacial score (nSPS) is 20.7. The van der Waals surface area contributed by atoms with Crippen LogP contribution in [0.15, 0.2) is 30.3 Å². The molecule has 5 heteroatoms. The van der Waals surface area contributed by atoms with Gasteiger partial charge in [0.1, 0.15) is 5.82 Å². The summed E-state index contributed by atoms with van der Waals surface area (Å²) in [6.45, 7) is 2.20. The van der Waals surface area contributed by atoms with Crippen LogP contribution in [0.2, 0.25) is 0 Å². The summed E-state index contributed by atoms with van der Waals surface area (Å²) in [6.07, 6.45) is 1.80. The van der Waals surface area contributed by atoms with Crippen molar-refractivity contribution in [2.45, 2.75) is 38.4 Å². The highest BCUT2D eigenvalue weighted by Crippen LogP contribution is 2.33. The summed E-state index contributed by atoms with van der Waals surface area (Å²) in [4.78, 5) is 0. The van der Waals surface area contributed by atoms with Gasteiger partial charge in [0.15, 0.2) is 11.6 Å². The molecule has 134 valence electrons. The van der Waals surface area contributed by atoms with Crippen LogP contribution >= 0.6 is 0 Å². The molecular formula is C20H21F3O2. The van der Waals surface area contributed by atoms with E-state index in [9.17, 15) is 13.2 Å². The monoisotopic (exact) mass is 350 g/mol. The fourth-order valence-corrected chi connectivity index (χ4v) is 3.20. The SMILES string of the molecule is CCc1ccc(-c2ccc(C3CCC(OC)CO3)cc2F)c(F)c1F. The van der Waals surface area contributed by atoms with Crippen LogP contribution < -0.4 is 0 Å². The number of ether oxygens (including phenoxy) is 2. The lowest BCUT2D eigenvalue weighted by molar-refractivity contribution is -0.0726. The van der Waals surface area contributed by atoms with Gasteiger partial charge in [0.05, 0.1) is 18.8 Å². The summed E-state index contributed by atoms with van der Waals surface area (Å²) in [5, 5.41) is 0. The lowest BCUT2D eigenvalue weighted by Crippen LogP contribution is -2.26. The van der Waals surface area contributed by atoms with Crippen LogP contribution in [0.5, 0.6) is 0 Å². The molecule has 0 aliphatic carbocycles. The zero-order valence-corrected chi connectivity index (χ0v) is 14.3. The van der Waals surface area contributed by atoms with Crippen molar-refractivity contribution in [2.75, 3.05) is 13.7 Å². The Kier molecular flexibility index (Phi) is 5.45. The van der Waals surface area contributed by atoms with Gasteiger partial charge in [-0.1, -0.05) is 31.2 Å². The first kappa shape index (κ1) is 18.0. The Morgan fingerprint density at radius 1 is 1.04 bits per heavy atom. The van der Waals surface area contributed by atoms with E-state index in [-0.39, 0.29) is 28.9 Å². The van der Waals surface area contributed by atoms with Crippen molar-refractivity contribution in [3.05, 3.63) is 58.9 Å². The zero-order chi connectivity index (χ0) is 18.0. The molecule has 2 aromatic rings. The van der Waals surface area contributed by atoms with Crippen molar-refractivity contribution in [3.8, 4) is 11.1 Å². The van der Waals surface area contributed by atoms with Gasteiger partial charge in [0, 0.05) is 18.2 Å². The molecule has 0 spiro atoms. The van der Waals surface area contributed by atoms with Crippen LogP contribution in [0.1, 0.15) is 37.0 Å². The average Bonchev–Trinajstić information content (AvgIpc) is 2.64. The number of hydrogen-bond acceptors (Lipinski definition) is 2. The Balaban J connectivity index is 1.87. The van der Waals surface area contributed by atoms with Gasteiger partial charge in [-0.05, 0) is 36.5 Å². The Labute approximate surface area is 145 Å². The van der Waals surface area contributed by atoms with Gasteiger partial charge in [0.2, 0.25) is 0 Å². The van der Waals surface area contributed by atoms with E-state index in [1.807, 2.05) is 0 Å². The summed E-state index contributed by atoms with van der Waals surface area (Å²) in [5.41, 5.74) is 0.958. The van der Waals surface area contributed by atoms with Crippen molar-refractivity contribution in [1.82, 2.24) is 0 Å². The van der Waals surface area contributed by atoms with Gasteiger partial charge in [0.25, 0.3) is 0 Å². The Hall–Kier alpha value is -1.85. The molecule has 1 aliphatic heterocycles. The standard InChI is InChI=1S/C20H21F3O2/c1-3-12-4-8-16(20(23)19(12)22)15-7-5-13(10-17(15)21)18-9-6-14(24-2)11-25-18/h4-5,7-8,10,14,18H,3,6,9,11H2,1-2H3. The third kappa shape index (κ3) is 3.58. The second-order valence-corrected chi connectivity index (χ2v) is 6.25. The first-order chi connectivity index (χ1) is 12.0. The maximum absolute atomic E-state index is 14.6. The molecule has 1 saturated heterocycles. The van der Waals surface area contributed by atoms with Crippen molar-refractivity contribution < 1.29 is 22.6 Å². The largest absolute Gasteiger partial charge is 0.379 e. The maximum Gasteiger partial charge on any atom is 0.167 e. The molecule has 2 unspecified atom stereocenters. The smallest absolute Gasteiger partial charge is 0.167 e. The van der Waals surface area contributed by atoms with Gasteiger partial charge >= 0.3 is 0 Å². The van der Waals surface area contributed by atoms with Crippen LogP contribution in [0.4, 0.5) is 13.2 Å². The van der Waals surface area contributed by atoms with Crippen LogP contribution in [0.25, 0.3) is 11.1 Å². The maximum atomic E-state index is 14.6. The molecule has 1 fully saturated rings. The highest BCUT2D eigenvalue weighted by atomic mass is 19.2. The predicted octanol–water partition coefficient (Wildman–Crippen LogP) is 5.20. The molecule has 25 heavy (non-hydrogen) atoms. The van der Waals surface area contributed by atoms with Crippen LogP contribution in [-0.2, 0) is 15.9 Å². The van der Waals surface area contributed by atoms with E-state index in [2.05, 4.69) is 0 Å².